The number of aliphatic carboxylic acids is 1. The minimum atomic E-state index is -1.15. The van der Waals surface area contributed by atoms with Crippen molar-refractivity contribution in [2.45, 2.75) is 12.8 Å². The number of carboxylic acid groups (broad SMARTS) is 1. The second-order valence-electron chi connectivity index (χ2n) is 2.94. The van der Waals surface area contributed by atoms with Gasteiger partial charge in [0.15, 0.2) is 5.78 Å². The van der Waals surface area contributed by atoms with Gasteiger partial charge in [-0.05, 0) is 18.2 Å². The van der Waals surface area contributed by atoms with Crippen molar-refractivity contribution in [2.75, 3.05) is 0 Å². The van der Waals surface area contributed by atoms with Crippen LogP contribution >= 0.6 is 0 Å². The number of halogens is 2. The fourth-order valence-corrected chi connectivity index (χ4v) is 1.07. The molecular formula is C10H8F2O3. The first kappa shape index (κ1) is 11.3. The molecule has 0 radical (unpaired) electrons. The molecule has 0 saturated carbocycles. The number of ketones is 1. The highest BCUT2D eigenvalue weighted by Gasteiger charge is 2.13. The molecule has 0 unspecified atom stereocenters. The Bertz CT molecular complexity index is 402. The lowest BCUT2D eigenvalue weighted by molar-refractivity contribution is -0.136. The van der Waals surface area contributed by atoms with Gasteiger partial charge in [0.2, 0.25) is 0 Å². The molecule has 0 amide bonds. The third-order valence-corrected chi connectivity index (χ3v) is 1.79. The van der Waals surface area contributed by atoms with Crippen LogP contribution in [0.25, 0.3) is 0 Å². The quantitative estimate of drug-likeness (QED) is 0.780. The summed E-state index contributed by atoms with van der Waals surface area (Å²) < 4.78 is 25.7. The SMILES string of the molecule is O=C(O)CCC(=O)c1cc(F)ccc1F. The summed E-state index contributed by atoms with van der Waals surface area (Å²) in [5.74, 6) is -3.43. The Morgan fingerprint density at radius 1 is 1.20 bits per heavy atom. The lowest BCUT2D eigenvalue weighted by atomic mass is 10.1. The fraction of sp³-hybridized carbons (Fsp3) is 0.200. The van der Waals surface area contributed by atoms with E-state index in [4.69, 9.17) is 5.11 Å². The molecule has 1 aromatic rings. The van der Waals surface area contributed by atoms with E-state index in [0.717, 1.165) is 18.2 Å². The average molecular weight is 214 g/mol. The van der Waals surface area contributed by atoms with Gasteiger partial charge < -0.3 is 5.11 Å². The molecule has 0 bridgehead atoms. The van der Waals surface area contributed by atoms with Gasteiger partial charge in [0.05, 0.1) is 12.0 Å². The van der Waals surface area contributed by atoms with Crippen molar-refractivity contribution in [1.82, 2.24) is 0 Å². The number of rotatable bonds is 4. The van der Waals surface area contributed by atoms with E-state index in [1.807, 2.05) is 0 Å². The first-order valence-electron chi connectivity index (χ1n) is 4.20. The molecule has 0 aromatic heterocycles. The molecular weight excluding hydrogens is 206 g/mol. The Balaban J connectivity index is 2.81. The number of benzene rings is 1. The minimum Gasteiger partial charge on any atom is -0.481 e. The lowest BCUT2D eigenvalue weighted by Crippen LogP contribution is -2.06. The number of carboxylic acids is 1. The zero-order valence-electron chi connectivity index (χ0n) is 7.67. The van der Waals surface area contributed by atoms with Crippen LogP contribution in [0.5, 0.6) is 0 Å². The van der Waals surface area contributed by atoms with Crippen molar-refractivity contribution in [2.24, 2.45) is 0 Å². The molecule has 0 aliphatic carbocycles. The van der Waals surface area contributed by atoms with Crippen LogP contribution in [0.3, 0.4) is 0 Å². The van der Waals surface area contributed by atoms with E-state index in [1.54, 1.807) is 0 Å². The van der Waals surface area contributed by atoms with Gasteiger partial charge in [-0.1, -0.05) is 0 Å². The maximum atomic E-state index is 13.0. The maximum Gasteiger partial charge on any atom is 0.303 e. The average Bonchev–Trinajstić information content (AvgIpc) is 2.18. The van der Waals surface area contributed by atoms with E-state index in [9.17, 15) is 18.4 Å². The van der Waals surface area contributed by atoms with Crippen LogP contribution in [0, 0.1) is 11.6 Å². The molecule has 5 heteroatoms. The van der Waals surface area contributed by atoms with Crippen LogP contribution in [0.4, 0.5) is 8.78 Å². The summed E-state index contributed by atoms with van der Waals surface area (Å²) in [6.07, 6.45) is -0.732. The Kier molecular flexibility index (Phi) is 3.49. The van der Waals surface area contributed by atoms with Gasteiger partial charge in [0, 0.05) is 6.42 Å². The number of hydrogen-bond acceptors (Lipinski definition) is 2. The van der Waals surface area contributed by atoms with Crippen molar-refractivity contribution in [3.05, 3.63) is 35.4 Å². The van der Waals surface area contributed by atoms with E-state index in [1.165, 1.54) is 0 Å². The molecule has 3 nitrogen and oxygen atoms in total. The highest BCUT2D eigenvalue weighted by atomic mass is 19.1. The first-order valence-corrected chi connectivity index (χ1v) is 4.20. The van der Waals surface area contributed by atoms with Crippen molar-refractivity contribution >= 4 is 11.8 Å². The predicted molar refractivity (Wildman–Crippen MR) is 47.6 cm³/mol. The normalized spacial score (nSPS) is 10.0. The maximum absolute atomic E-state index is 13.0. The summed E-state index contributed by atoms with van der Waals surface area (Å²) >= 11 is 0. The molecule has 1 rings (SSSR count). The van der Waals surface area contributed by atoms with Gasteiger partial charge >= 0.3 is 5.97 Å². The molecule has 15 heavy (non-hydrogen) atoms. The van der Waals surface area contributed by atoms with E-state index >= 15 is 0 Å². The monoisotopic (exact) mass is 214 g/mol. The summed E-state index contributed by atoms with van der Waals surface area (Å²) in [5.41, 5.74) is -0.406. The standard InChI is InChI=1S/C10H8F2O3/c11-6-1-2-8(12)7(5-6)9(13)3-4-10(14)15/h1-2,5H,3-4H2,(H,14,15). The Hall–Kier alpha value is -1.78. The predicted octanol–water partition coefficient (Wildman–Crippen LogP) is 2.01. The first-order chi connectivity index (χ1) is 7.00. The summed E-state index contributed by atoms with van der Waals surface area (Å²) in [4.78, 5) is 21.4. The van der Waals surface area contributed by atoms with Crippen LogP contribution in [0.2, 0.25) is 0 Å². The highest BCUT2D eigenvalue weighted by Crippen LogP contribution is 2.12. The molecule has 0 aliphatic rings. The van der Waals surface area contributed by atoms with Crippen LogP contribution in [0.15, 0.2) is 18.2 Å². The fourth-order valence-electron chi connectivity index (χ4n) is 1.07. The molecule has 0 fully saturated rings. The second-order valence-corrected chi connectivity index (χ2v) is 2.94. The van der Waals surface area contributed by atoms with Crippen LogP contribution in [-0.4, -0.2) is 16.9 Å². The minimum absolute atomic E-state index is 0.338. The van der Waals surface area contributed by atoms with E-state index < -0.39 is 35.4 Å². The summed E-state index contributed by atoms with van der Waals surface area (Å²) in [5, 5.41) is 8.31. The van der Waals surface area contributed by atoms with Gasteiger partial charge in [-0.2, -0.15) is 0 Å². The van der Waals surface area contributed by atoms with Gasteiger partial charge in [0.1, 0.15) is 11.6 Å². The Morgan fingerprint density at radius 3 is 2.47 bits per heavy atom. The zero-order chi connectivity index (χ0) is 11.4. The molecule has 80 valence electrons. The van der Waals surface area contributed by atoms with Crippen LogP contribution < -0.4 is 0 Å². The van der Waals surface area contributed by atoms with Crippen LogP contribution in [-0.2, 0) is 4.79 Å². The Labute approximate surface area is 84.3 Å². The lowest BCUT2D eigenvalue weighted by Gasteiger charge is -2.00. The summed E-state index contributed by atoms with van der Waals surface area (Å²) in [7, 11) is 0. The van der Waals surface area contributed by atoms with E-state index in [0.29, 0.717) is 0 Å². The zero-order valence-corrected chi connectivity index (χ0v) is 7.67. The number of Topliss-reactive ketones (excluding diaryl/α,β-unsaturated/α-hetero) is 1. The molecule has 0 aliphatic heterocycles. The highest BCUT2D eigenvalue weighted by molar-refractivity contribution is 5.97. The third-order valence-electron chi connectivity index (χ3n) is 1.79. The molecule has 0 atom stereocenters. The van der Waals surface area contributed by atoms with Gasteiger partial charge in [-0.15, -0.1) is 0 Å². The summed E-state index contributed by atoms with van der Waals surface area (Å²) in [6.45, 7) is 0. The topological polar surface area (TPSA) is 54.4 Å². The van der Waals surface area contributed by atoms with Crippen molar-refractivity contribution in [1.29, 1.82) is 0 Å². The second kappa shape index (κ2) is 4.63. The van der Waals surface area contributed by atoms with Gasteiger partial charge in [0.25, 0.3) is 0 Å². The number of carbonyl (C=O) groups is 2. The van der Waals surface area contributed by atoms with Crippen molar-refractivity contribution in [3.8, 4) is 0 Å². The van der Waals surface area contributed by atoms with Crippen molar-refractivity contribution in [3.63, 3.8) is 0 Å². The van der Waals surface area contributed by atoms with E-state index in [-0.39, 0.29) is 6.42 Å². The Morgan fingerprint density at radius 2 is 1.87 bits per heavy atom. The summed E-state index contributed by atoms with van der Waals surface area (Å²) in [6, 6.07) is 2.49. The van der Waals surface area contributed by atoms with Crippen molar-refractivity contribution < 1.29 is 23.5 Å². The molecule has 1 N–H and O–H groups in total. The molecule has 0 heterocycles. The molecule has 1 aromatic carbocycles. The largest absolute Gasteiger partial charge is 0.481 e. The van der Waals surface area contributed by atoms with Gasteiger partial charge in [-0.3, -0.25) is 9.59 Å². The molecule has 0 saturated heterocycles. The number of carbonyl (C=O) groups excluding carboxylic acids is 1. The number of hydrogen-bond donors (Lipinski definition) is 1. The molecule has 0 spiro atoms. The van der Waals surface area contributed by atoms with Gasteiger partial charge in [-0.25, -0.2) is 8.78 Å². The third kappa shape index (κ3) is 3.12. The smallest absolute Gasteiger partial charge is 0.303 e. The van der Waals surface area contributed by atoms with E-state index in [2.05, 4.69) is 0 Å². The van der Waals surface area contributed by atoms with Crippen LogP contribution in [0.1, 0.15) is 23.2 Å².